The normalized spacial score (nSPS) is 16.0. The number of aromatic nitrogens is 2. The van der Waals surface area contributed by atoms with Crippen molar-refractivity contribution in [1.29, 1.82) is 0 Å². The van der Waals surface area contributed by atoms with E-state index in [2.05, 4.69) is 14.1 Å². The van der Waals surface area contributed by atoms with E-state index in [4.69, 9.17) is 9.88 Å². The van der Waals surface area contributed by atoms with Crippen LogP contribution in [0.4, 0.5) is 4.39 Å². The summed E-state index contributed by atoms with van der Waals surface area (Å²) in [7, 11) is -3.95. The van der Waals surface area contributed by atoms with Gasteiger partial charge in [-0.05, 0) is 50.8 Å². The van der Waals surface area contributed by atoms with Crippen LogP contribution in [0.3, 0.4) is 0 Å². The van der Waals surface area contributed by atoms with Crippen molar-refractivity contribution in [2.24, 2.45) is 5.14 Å². The number of benzene rings is 1. The van der Waals surface area contributed by atoms with Crippen molar-refractivity contribution in [2.45, 2.75) is 55.6 Å². The Labute approximate surface area is 173 Å². The molecule has 1 fully saturated rings. The number of ether oxygens (including phenoxy) is 1. The zero-order valence-electron chi connectivity index (χ0n) is 16.3. The highest BCUT2D eigenvalue weighted by atomic mass is 32.2. The average molecular weight is 445 g/mol. The van der Waals surface area contributed by atoms with Gasteiger partial charge >= 0.3 is 0 Å². The Kier molecular flexibility index (Phi) is 6.54. The molecule has 0 spiro atoms. The SMILES string of the molecule is CC(C)(Cc1ccc(S(N)(=O)=O)cc1F)NC[C@H](O)COc1nsnc1C1CC1. The molecule has 0 saturated heterocycles. The van der Waals surface area contributed by atoms with Crippen LogP contribution < -0.4 is 15.2 Å². The predicted octanol–water partition coefficient (Wildman–Crippen LogP) is 1.55. The molecule has 1 atom stereocenters. The van der Waals surface area contributed by atoms with Crippen LogP contribution in [0.5, 0.6) is 5.88 Å². The summed E-state index contributed by atoms with van der Waals surface area (Å²) in [6.07, 6.45) is 1.70. The van der Waals surface area contributed by atoms with Gasteiger partial charge in [-0.3, -0.25) is 0 Å². The topological polar surface area (TPSA) is 127 Å². The first kappa shape index (κ1) is 22.0. The first-order chi connectivity index (χ1) is 13.5. The summed E-state index contributed by atoms with van der Waals surface area (Å²) < 4.78 is 50.9. The lowest BCUT2D eigenvalue weighted by Gasteiger charge is -2.28. The average Bonchev–Trinajstić information content (AvgIpc) is 3.37. The van der Waals surface area contributed by atoms with E-state index in [1.165, 1.54) is 12.1 Å². The van der Waals surface area contributed by atoms with E-state index in [-0.39, 0.29) is 18.0 Å². The lowest BCUT2D eigenvalue weighted by atomic mass is 9.94. The van der Waals surface area contributed by atoms with E-state index in [0.717, 1.165) is 36.3 Å². The summed E-state index contributed by atoms with van der Waals surface area (Å²) in [6.45, 7) is 4.04. The minimum absolute atomic E-state index is 0.0750. The summed E-state index contributed by atoms with van der Waals surface area (Å²) in [5, 5.41) is 18.4. The number of aliphatic hydroxyl groups is 1. The van der Waals surface area contributed by atoms with Gasteiger partial charge in [-0.1, -0.05) is 6.07 Å². The lowest BCUT2D eigenvalue weighted by Crippen LogP contribution is -2.46. The third-order valence-corrected chi connectivity index (χ3v) is 6.10. The summed E-state index contributed by atoms with van der Waals surface area (Å²) in [5.74, 6) is 0.278. The van der Waals surface area contributed by atoms with E-state index < -0.39 is 27.5 Å². The lowest BCUT2D eigenvalue weighted by molar-refractivity contribution is 0.0964. The number of nitrogens with zero attached hydrogens (tertiary/aromatic N) is 2. The van der Waals surface area contributed by atoms with Crippen LogP contribution in [0.25, 0.3) is 0 Å². The van der Waals surface area contributed by atoms with Gasteiger partial charge in [0.2, 0.25) is 15.9 Å². The Morgan fingerprint density at radius 3 is 2.76 bits per heavy atom. The molecule has 0 unspecified atom stereocenters. The molecule has 1 heterocycles. The zero-order valence-corrected chi connectivity index (χ0v) is 17.9. The van der Waals surface area contributed by atoms with Crippen molar-refractivity contribution in [1.82, 2.24) is 14.1 Å². The highest BCUT2D eigenvalue weighted by Crippen LogP contribution is 2.43. The van der Waals surface area contributed by atoms with Gasteiger partial charge in [0.15, 0.2) is 0 Å². The maximum atomic E-state index is 14.3. The Morgan fingerprint density at radius 2 is 2.14 bits per heavy atom. The molecule has 1 aliphatic carbocycles. The fourth-order valence-electron chi connectivity index (χ4n) is 2.91. The Morgan fingerprint density at radius 1 is 1.41 bits per heavy atom. The largest absolute Gasteiger partial charge is 0.473 e. The first-order valence-corrected chi connectivity index (χ1v) is 11.5. The van der Waals surface area contributed by atoms with Crippen LogP contribution in [-0.2, 0) is 16.4 Å². The zero-order chi connectivity index (χ0) is 21.2. The summed E-state index contributed by atoms with van der Waals surface area (Å²) >= 11 is 1.11. The molecule has 160 valence electrons. The predicted molar refractivity (Wildman–Crippen MR) is 107 cm³/mol. The number of hydrogen-bond donors (Lipinski definition) is 3. The smallest absolute Gasteiger partial charge is 0.249 e. The second-order valence-electron chi connectivity index (χ2n) is 7.93. The summed E-state index contributed by atoms with van der Waals surface area (Å²) in [5.41, 5.74) is 0.670. The molecule has 29 heavy (non-hydrogen) atoms. The highest BCUT2D eigenvalue weighted by Gasteiger charge is 2.30. The van der Waals surface area contributed by atoms with Crippen molar-refractivity contribution < 1.29 is 22.7 Å². The standard InChI is InChI=1S/C18H25FN4O4S2/c1-18(2,8-12-5-6-14(7-15(12)19)29(20,25)26)21-9-13(24)10-27-17-16(11-3-4-11)22-28-23-17/h5-7,11,13,21,24H,3-4,8-10H2,1-2H3,(H2,20,25,26)/t13-/m0/s1. The van der Waals surface area contributed by atoms with Crippen LogP contribution in [0.2, 0.25) is 0 Å². The van der Waals surface area contributed by atoms with Crippen molar-refractivity contribution in [3.63, 3.8) is 0 Å². The molecule has 0 radical (unpaired) electrons. The fraction of sp³-hybridized carbons (Fsp3) is 0.556. The number of rotatable bonds is 10. The minimum atomic E-state index is -3.95. The highest BCUT2D eigenvalue weighted by molar-refractivity contribution is 7.89. The molecule has 3 rings (SSSR count). The molecule has 0 bridgehead atoms. The molecule has 8 nitrogen and oxygen atoms in total. The number of hydrogen-bond acceptors (Lipinski definition) is 8. The molecular weight excluding hydrogens is 419 g/mol. The quantitative estimate of drug-likeness (QED) is 0.507. The van der Waals surface area contributed by atoms with Crippen molar-refractivity contribution in [2.75, 3.05) is 13.2 Å². The molecule has 11 heteroatoms. The van der Waals surface area contributed by atoms with Gasteiger partial charge in [0.05, 0.1) is 16.6 Å². The van der Waals surface area contributed by atoms with E-state index in [9.17, 15) is 17.9 Å². The van der Waals surface area contributed by atoms with Crippen LogP contribution in [-0.4, -0.2) is 47.1 Å². The first-order valence-electron chi connectivity index (χ1n) is 9.25. The molecule has 2 aromatic rings. The van der Waals surface area contributed by atoms with Gasteiger partial charge in [-0.2, -0.15) is 4.37 Å². The van der Waals surface area contributed by atoms with Gasteiger partial charge in [0.25, 0.3) is 0 Å². The van der Waals surface area contributed by atoms with Crippen molar-refractivity contribution >= 4 is 21.8 Å². The van der Waals surface area contributed by atoms with Crippen LogP contribution >= 0.6 is 11.7 Å². The van der Waals surface area contributed by atoms with E-state index in [0.29, 0.717) is 23.8 Å². The third kappa shape index (κ3) is 6.16. The van der Waals surface area contributed by atoms with E-state index >= 15 is 0 Å². The molecule has 1 saturated carbocycles. The van der Waals surface area contributed by atoms with Gasteiger partial charge in [-0.15, -0.1) is 4.37 Å². The summed E-state index contributed by atoms with van der Waals surface area (Å²) in [4.78, 5) is -0.265. The Bertz CT molecular complexity index is 961. The number of sulfonamides is 1. The molecular formula is C18H25FN4O4S2. The van der Waals surface area contributed by atoms with Gasteiger partial charge in [0.1, 0.15) is 24.2 Å². The number of nitrogens with one attached hydrogen (secondary N) is 1. The fourth-order valence-corrected chi connectivity index (χ4v) is 4.01. The number of halogens is 1. The van der Waals surface area contributed by atoms with Crippen LogP contribution in [0.1, 0.15) is 43.9 Å². The number of β-amino-alcohol motifs (C(OH)–C–C–N with tert-alkyl or cyclic N) is 1. The van der Waals surface area contributed by atoms with Crippen LogP contribution in [0.15, 0.2) is 23.1 Å². The van der Waals surface area contributed by atoms with Crippen molar-refractivity contribution in [3.8, 4) is 5.88 Å². The monoisotopic (exact) mass is 444 g/mol. The van der Waals surface area contributed by atoms with Gasteiger partial charge in [-0.25, -0.2) is 17.9 Å². The molecule has 1 aromatic heterocycles. The second kappa shape index (κ2) is 8.60. The second-order valence-corrected chi connectivity index (χ2v) is 10.0. The van der Waals surface area contributed by atoms with Gasteiger partial charge < -0.3 is 15.2 Å². The van der Waals surface area contributed by atoms with E-state index in [1.54, 1.807) is 0 Å². The minimum Gasteiger partial charge on any atom is -0.473 e. The Hall–Kier alpha value is -1.66. The molecule has 0 amide bonds. The van der Waals surface area contributed by atoms with E-state index in [1.807, 2.05) is 13.8 Å². The summed E-state index contributed by atoms with van der Waals surface area (Å²) in [6, 6.07) is 3.61. The molecule has 4 N–H and O–H groups in total. The number of nitrogens with two attached hydrogens (primary N) is 1. The Balaban J connectivity index is 1.50. The maximum Gasteiger partial charge on any atom is 0.249 e. The number of primary sulfonamides is 1. The van der Waals surface area contributed by atoms with Crippen molar-refractivity contribution in [3.05, 3.63) is 35.3 Å². The molecule has 1 aliphatic rings. The number of aliphatic hydroxyl groups excluding tert-OH is 1. The molecule has 1 aromatic carbocycles. The third-order valence-electron chi connectivity index (χ3n) is 4.66. The maximum absolute atomic E-state index is 14.3. The van der Waals surface area contributed by atoms with Crippen LogP contribution in [0, 0.1) is 5.82 Å². The molecule has 0 aliphatic heterocycles. The van der Waals surface area contributed by atoms with Gasteiger partial charge in [0, 0.05) is 18.0 Å².